The first-order valence-corrected chi connectivity index (χ1v) is 8.67. The lowest BCUT2D eigenvalue weighted by Crippen LogP contribution is -2.45. The second kappa shape index (κ2) is 6.79. The summed E-state index contributed by atoms with van der Waals surface area (Å²) in [6.07, 6.45) is 0.977. The molecule has 1 atom stereocenters. The Hall–Kier alpha value is -0.0700. The zero-order valence-corrected chi connectivity index (χ0v) is 14.1. The number of benzene rings is 1. The first-order chi connectivity index (χ1) is 9.17. The van der Waals surface area contributed by atoms with Crippen molar-refractivity contribution >= 4 is 44.8 Å². The molecule has 0 aliphatic heterocycles. The standard InChI is InChI=1S/C12H15Cl3FNO2S/c1-3-12(2,6-7-13)17-20(18,19)9-5-4-8(14)11(16)10(9)15/h4-5,17H,3,6-7H2,1-2H3. The molecule has 114 valence electrons. The zero-order chi connectivity index (χ0) is 15.6. The van der Waals surface area contributed by atoms with Crippen molar-refractivity contribution in [2.24, 2.45) is 0 Å². The molecule has 0 aliphatic carbocycles. The maximum absolute atomic E-state index is 13.6. The van der Waals surface area contributed by atoms with Crippen molar-refractivity contribution < 1.29 is 12.8 Å². The highest BCUT2D eigenvalue weighted by atomic mass is 35.5. The van der Waals surface area contributed by atoms with Crippen LogP contribution in [0.2, 0.25) is 10.0 Å². The van der Waals surface area contributed by atoms with Gasteiger partial charge in [-0.3, -0.25) is 0 Å². The zero-order valence-electron chi connectivity index (χ0n) is 11.0. The van der Waals surface area contributed by atoms with Crippen LogP contribution in [-0.2, 0) is 10.0 Å². The van der Waals surface area contributed by atoms with Crippen LogP contribution in [0, 0.1) is 5.82 Å². The average molecular weight is 363 g/mol. The lowest BCUT2D eigenvalue weighted by atomic mass is 9.97. The molecule has 0 saturated heterocycles. The van der Waals surface area contributed by atoms with E-state index >= 15 is 0 Å². The molecule has 0 aromatic heterocycles. The van der Waals surface area contributed by atoms with E-state index in [0.717, 1.165) is 6.07 Å². The van der Waals surface area contributed by atoms with E-state index < -0.39 is 26.4 Å². The summed E-state index contributed by atoms with van der Waals surface area (Å²) in [5.74, 6) is -0.651. The molecule has 0 radical (unpaired) electrons. The fourth-order valence-electron chi connectivity index (χ4n) is 1.60. The highest BCUT2D eigenvalue weighted by molar-refractivity contribution is 7.89. The van der Waals surface area contributed by atoms with Gasteiger partial charge in [-0.2, -0.15) is 0 Å². The second-order valence-corrected chi connectivity index (χ2v) is 7.45. The Morgan fingerprint density at radius 1 is 1.35 bits per heavy atom. The predicted octanol–water partition coefficient (Wildman–Crippen LogP) is 4.21. The molecule has 8 heteroatoms. The number of nitrogens with one attached hydrogen (secondary N) is 1. The molecule has 1 N–H and O–H groups in total. The SMILES string of the molecule is CCC(C)(CCCl)NS(=O)(=O)c1ccc(Cl)c(F)c1Cl. The number of hydrogen-bond donors (Lipinski definition) is 1. The van der Waals surface area contributed by atoms with Crippen LogP contribution in [0.3, 0.4) is 0 Å². The average Bonchev–Trinajstić information content (AvgIpc) is 2.35. The summed E-state index contributed by atoms with van der Waals surface area (Å²) in [7, 11) is -3.96. The molecule has 1 rings (SSSR count). The molecular formula is C12H15Cl3FNO2S. The number of rotatable bonds is 6. The monoisotopic (exact) mass is 361 g/mol. The van der Waals surface area contributed by atoms with Crippen LogP contribution in [0.15, 0.2) is 17.0 Å². The lowest BCUT2D eigenvalue weighted by molar-refractivity contribution is 0.390. The van der Waals surface area contributed by atoms with Gasteiger partial charge in [0.15, 0.2) is 5.82 Å². The molecule has 0 bridgehead atoms. The molecule has 0 spiro atoms. The number of hydrogen-bond acceptors (Lipinski definition) is 2. The van der Waals surface area contributed by atoms with E-state index in [-0.39, 0.29) is 9.92 Å². The van der Waals surface area contributed by atoms with Gasteiger partial charge in [0, 0.05) is 11.4 Å². The van der Waals surface area contributed by atoms with Crippen molar-refractivity contribution in [1.82, 2.24) is 4.72 Å². The largest absolute Gasteiger partial charge is 0.242 e. The summed E-state index contributed by atoms with van der Waals surface area (Å²) in [5.41, 5.74) is -0.722. The number of halogens is 4. The molecule has 20 heavy (non-hydrogen) atoms. The summed E-state index contributed by atoms with van der Waals surface area (Å²) >= 11 is 17.0. The smallest absolute Gasteiger partial charge is 0.207 e. The quantitative estimate of drug-likeness (QED) is 0.608. The van der Waals surface area contributed by atoms with Crippen LogP contribution in [0.5, 0.6) is 0 Å². The summed E-state index contributed by atoms with van der Waals surface area (Å²) in [4.78, 5) is -0.338. The maximum atomic E-state index is 13.6. The fraction of sp³-hybridized carbons (Fsp3) is 0.500. The molecule has 0 amide bonds. The fourth-order valence-corrected chi connectivity index (χ4v) is 4.27. The van der Waals surface area contributed by atoms with Crippen LogP contribution in [0.1, 0.15) is 26.7 Å². The first kappa shape index (κ1) is 18.0. The van der Waals surface area contributed by atoms with E-state index in [0.29, 0.717) is 18.7 Å². The van der Waals surface area contributed by atoms with Crippen LogP contribution < -0.4 is 4.72 Å². The van der Waals surface area contributed by atoms with Gasteiger partial charge in [0.25, 0.3) is 0 Å². The van der Waals surface area contributed by atoms with Gasteiger partial charge in [-0.05, 0) is 31.9 Å². The Morgan fingerprint density at radius 3 is 2.45 bits per heavy atom. The molecule has 1 unspecified atom stereocenters. The molecule has 0 saturated carbocycles. The minimum absolute atomic E-state index is 0.229. The molecular weight excluding hydrogens is 348 g/mol. The van der Waals surface area contributed by atoms with Crippen LogP contribution in [0.4, 0.5) is 4.39 Å². The van der Waals surface area contributed by atoms with Gasteiger partial charge in [0.05, 0.1) is 10.0 Å². The van der Waals surface area contributed by atoms with Gasteiger partial charge in [-0.1, -0.05) is 30.1 Å². The minimum Gasteiger partial charge on any atom is -0.207 e. The number of alkyl halides is 1. The van der Waals surface area contributed by atoms with Gasteiger partial charge in [0.2, 0.25) is 10.0 Å². The van der Waals surface area contributed by atoms with Gasteiger partial charge in [0.1, 0.15) is 4.90 Å². The Labute approximate surface area is 133 Å². The Kier molecular flexibility index (Phi) is 6.11. The Bertz CT molecular complexity index is 595. The van der Waals surface area contributed by atoms with Crippen molar-refractivity contribution in [3.05, 3.63) is 28.0 Å². The Balaban J connectivity index is 3.21. The van der Waals surface area contributed by atoms with Crippen molar-refractivity contribution in [2.75, 3.05) is 5.88 Å². The maximum Gasteiger partial charge on any atom is 0.242 e. The van der Waals surface area contributed by atoms with Crippen molar-refractivity contribution in [3.8, 4) is 0 Å². The summed E-state index contributed by atoms with van der Waals surface area (Å²) in [6, 6.07) is 2.33. The predicted molar refractivity (Wildman–Crippen MR) is 80.8 cm³/mol. The highest BCUT2D eigenvalue weighted by Crippen LogP contribution is 2.30. The van der Waals surface area contributed by atoms with Crippen LogP contribution in [-0.4, -0.2) is 19.8 Å². The molecule has 0 heterocycles. The molecule has 3 nitrogen and oxygen atoms in total. The summed E-state index contributed by atoms with van der Waals surface area (Å²) in [5, 5.41) is -0.748. The third kappa shape index (κ3) is 3.98. The lowest BCUT2D eigenvalue weighted by Gasteiger charge is -2.28. The highest BCUT2D eigenvalue weighted by Gasteiger charge is 2.30. The molecule has 0 fully saturated rings. The van der Waals surface area contributed by atoms with Gasteiger partial charge < -0.3 is 0 Å². The van der Waals surface area contributed by atoms with E-state index in [4.69, 9.17) is 34.8 Å². The molecule has 1 aromatic carbocycles. The second-order valence-electron chi connectivity index (χ2n) is 4.63. The van der Waals surface area contributed by atoms with Crippen LogP contribution in [0.25, 0.3) is 0 Å². The topological polar surface area (TPSA) is 46.2 Å². The number of sulfonamides is 1. The van der Waals surface area contributed by atoms with Gasteiger partial charge >= 0.3 is 0 Å². The van der Waals surface area contributed by atoms with Gasteiger partial charge in [-0.25, -0.2) is 17.5 Å². The normalized spacial score (nSPS) is 15.1. The summed E-state index contributed by atoms with van der Waals surface area (Å²) in [6.45, 7) is 3.56. The first-order valence-electron chi connectivity index (χ1n) is 5.90. The third-order valence-corrected chi connectivity index (χ3v) is 5.74. The summed E-state index contributed by atoms with van der Waals surface area (Å²) < 4.78 is 40.8. The third-order valence-electron chi connectivity index (χ3n) is 3.10. The van der Waals surface area contributed by atoms with E-state index in [9.17, 15) is 12.8 Å². The van der Waals surface area contributed by atoms with E-state index in [1.165, 1.54) is 6.07 Å². The van der Waals surface area contributed by atoms with E-state index in [2.05, 4.69) is 4.72 Å². The molecule has 1 aromatic rings. The Morgan fingerprint density at radius 2 is 1.95 bits per heavy atom. The van der Waals surface area contributed by atoms with E-state index in [1.807, 2.05) is 6.92 Å². The molecule has 0 aliphatic rings. The minimum atomic E-state index is -3.96. The van der Waals surface area contributed by atoms with Crippen molar-refractivity contribution in [2.45, 2.75) is 37.1 Å². The van der Waals surface area contributed by atoms with Crippen molar-refractivity contribution in [1.29, 1.82) is 0 Å². The van der Waals surface area contributed by atoms with E-state index in [1.54, 1.807) is 6.92 Å². The van der Waals surface area contributed by atoms with Crippen molar-refractivity contribution in [3.63, 3.8) is 0 Å². The van der Waals surface area contributed by atoms with Crippen LogP contribution >= 0.6 is 34.8 Å². The van der Waals surface area contributed by atoms with Gasteiger partial charge in [-0.15, -0.1) is 11.6 Å².